The van der Waals surface area contributed by atoms with Gasteiger partial charge in [0.2, 0.25) is 5.28 Å². The molecule has 104 valence electrons. The average Bonchev–Trinajstić information content (AvgIpc) is 2.81. The van der Waals surface area contributed by atoms with Gasteiger partial charge in [0.25, 0.3) is 0 Å². The molecule has 0 fully saturated rings. The second kappa shape index (κ2) is 5.02. The molecule has 0 radical (unpaired) electrons. The molecule has 2 aromatic rings. The van der Waals surface area contributed by atoms with Crippen molar-refractivity contribution in [2.45, 2.75) is 25.7 Å². The van der Waals surface area contributed by atoms with Crippen molar-refractivity contribution in [3.63, 3.8) is 0 Å². The molecule has 1 heterocycles. The van der Waals surface area contributed by atoms with Crippen LogP contribution in [0.4, 0.5) is 10.2 Å². The van der Waals surface area contributed by atoms with Gasteiger partial charge >= 0.3 is 0 Å². The molecule has 0 amide bonds. The Morgan fingerprint density at radius 2 is 2.15 bits per heavy atom. The third-order valence-electron chi connectivity index (χ3n) is 3.79. The molecule has 1 aromatic heterocycles. The smallest absolute Gasteiger partial charge is 0.224 e. The van der Waals surface area contributed by atoms with Crippen LogP contribution < -0.4 is 5.32 Å². The van der Waals surface area contributed by atoms with Crippen molar-refractivity contribution in [3.8, 4) is 0 Å². The van der Waals surface area contributed by atoms with E-state index in [4.69, 9.17) is 11.6 Å². The molecule has 20 heavy (non-hydrogen) atoms. The predicted molar refractivity (Wildman–Crippen MR) is 77.9 cm³/mol. The molecular formula is C15H15ClFN3. The van der Waals surface area contributed by atoms with E-state index in [0.717, 1.165) is 35.5 Å². The van der Waals surface area contributed by atoms with E-state index in [9.17, 15) is 4.39 Å². The largest absolute Gasteiger partial charge is 0.373 e. The topological polar surface area (TPSA) is 37.8 Å². The first-order chi connectivity index (χ1) is 9.60. The lowest BCUT2D eigenvalue weighted by Gasteiger charge is -2.13. The monoisotopic (exact) mass is 291 g/mol. The predicted octanol–water partition coefficient (Wildman–Crippen LogP) is 3.70. The van der Waals surface area contributed by atoms with E-state index in [1.807, 2.05) is 19.1 Å². The molecule has 3 nitrogen and oxygen atoms in total. The second-order valence-electron chi connectivity index (χ2n) is 5.07. The van der Waals surface area contributed by atoms with Crippen molar-refractivity contribution in [1.82, 2.24) is 9.97 Å². The maximum absolute atomic E-state index is 14.2. The summed E-state index contributed by atoms with van der Waals surface area (Å²) in [7, 11) is 1.80. The number of halogens is 2. The zero-order valence-corrected chi connectivity index (χ0v) is 12.1. The Kier molecular flexibility index (Phi) is 3.34. The molecule has 0 spiro atoms. The van der Waals surface area contributed by atoms with Gasteiger partial charge in [-0.1, -0.05) is 12.1 Å². The van der Waals surface area contributed by atoms with Gasteiger partial charge in [-0.3, -0.25) is 0 Å². The minimum atomic E-state index is -0.177. The van der Waals surface area contributed by atoms with Gasteiger partial charge in [0.05, 0.1) is 5.69 Å². The van der Waals surface area contributed by atoms with Gasteiger partial charge in [0, 0.05) is 18.5 Å². The molecular weight excluding hydrogens is 277 g/mol. The van der Waals surface area contributed by atoms with Crippen molar-refractivity contribution in [1.29, 1.82) is 0 Å². The van der Waals surface area contributed by atoms with Crippen LogP contribution in [0, 0.1) is 12.7 Å². The Morgan fingerprint density at radius 1 is 1.35 bits per heavy atom. The maximum atomic E-state index is 14.2. The number of anilines is 1. The van der Waals surface area contributed by atoms with Crippen LogP contribution >= 0.6 is 11.6 Å². The Bertz CT molecular complexity index is 672. The van der Waals surface area contributed by atoms with Gasteiger partial charge < -0.3 is 5.32 Å². The number of nitrogens with zero attached hydrogens (tertiary/aromatic N) is 2. The highest BCUT2D eigenvalue weighted by atomic mass is 35.5. The van der Waals surface area contributed by atoms with E-state index in [1.165, 1.54) is 0 Å². The Morgan fingerprint density at radius 3 is 2.85 bits per heavy atom. The third-order valence-corrected chi connectivity index (χ3v) is 3.96. The first-order valence-corrected chi connectivity index (χ1v) is 6.98. The quantitative estimate of drug-likeness (QED) is 0.858. The van der Waals surface area contributed by atoms with E-state index >= 15 is 0 Å². The number of rotatable bonds is 2. The van der Waals surface area contributed by atoms with Crippen LogP contribution in [-0.4, -0.2) is 17.0 Å². The highest BCUT2D eigenvalue weighted by Gasteiger charge is 2.30. The summed E-state index contributed by atoms with van der Waals surface area (Å²) < 4.78 is 14.2. The standard InChI is InChI=1S/C15H15ClFN3/c1-8-3-4-9(12(17)7-8)10-5-6-11-13(10)19-15(16)20-14(11)18-2/h3-4,7,10H,5-6H2,1-2H3,(H,18,19,20). The van der Waals surface area contributed by atoms with Crippen molar-refractivity contribution < 1.29 is 4.39 Å². The molecule has 1 atom stereocenters. The highest BCUT2D eigenvalue weighted by molar-refractivity contribution is 6.28. The van der Waals surface area contributed by atoms with Gasteiger partial charge in [-0.25, -0.2) is 14.4 Å². The van der Waals surface area contributed by atoms with Gasteiger partial charge in [-0.2, -0.15) is 0 Å². The SMILES string of the molecule is CNc1nc(Cl)nc2c1CCC2c1ccc(C)cc1F. The highest BCUT2D eigenvalue weighted by Crippen LogP contribution is 2.40. The van der Waals surface area contributed by atoms with E-state index in [0.29, 0.717) is 5.56 Å². The Hall–Kier alpha value is -1.68. The number of hydrogen-bond donors (Lipinski definition) is 1. The van der Waals surface area contributed by atoms with Crippen LogP contribution in [0.2, 0.25) is 5.28 Å². The molecule has 1 aliphatic carbocycles. The maximum Gasteiger partial charge on any atom is 0.224 e. The molecule has 1 aliphatic rings. The summed E-state index contributed by atoms with van der Waals surface area (Å²) >= 11 is 5.97. The summed E-state index contributed by atoms with van der Waals surface area (Å²) in [6.07, 6.45) is 1.67. The van der Waals surface area contributed by atoms with Crippen LogP contribution in [0.25, 0.3) is 0 Å². The number of aryl methyl sites for hydroxylation is 1. The zero-order chi connectivity index (χ0) is 14.3. The molecule has 5 heteroatoms. The first-order valence-electron chi connectivity index (χ1n) is 6.60. The summed E-state index contributed by atoms with van der Waals surface area (Å²) in [6.45, 7) is 1.88. The zero-order valence-electron chi connectivity index (χ0n) is 11.4. The fraction of sp³-hybridized carbons (Fsp3) is 0.333. The summed E-state index contributed by atoms with van der Waals surface area (Å²) in [5.74, 6) is 0.525. The van der Waals surface area contributed by atoms with Crippen molar-refractivity contribution in [2.24, 2.45) is 0 Å². The summed E-state index contributed by atoms with van der Waals surface area (Å²) in [6, 6.07) is 5.34. The lowest BCUT2D eigenvalue weighted by molar-refractivity contribution is 0.591. The van der Waals surface area contributed by atoms with E-state index in [1.54, 1.807) is 13.1 Å². The third kappa shape index (κ3) is 2.14. The first kappa shape index (κ1) is 13.3. The Labute approximate surface area is 122 Å². The number of nitrogens with one attached hydrogen (secondary N) is 1. The molecule has 0 saturated carbocycles. The van der Waals surface area contributed by atoms with Crippen LogP contribution in [-0.2, 0) is 6.42 Å². The molecule has 1 N–H and O–H groups in total. The minimum Gasteiger partial charge on any atom is -0.373 e. The lowest BCUT2D eigenvalue weighted by atomic mass is 9.95. The van der Waals surface area contributed by atoms with Crippen LogP contribution in [0.15, 0.2) is 18.2 Å². The summed E-state index contributed by atoms with van der Waals surface area (Å²) in [4.78, 5) is 8.51. The minimum absolute atomic E-state index is 0.0433. The van der Waals surface area contributed by atoms with Crippen LogP contribution in [0.3, 0.4) is 0 Å². The lowest BCUT2D eigenvalue weighted by Crippen LogP contribution is -2.05. The van der Waals surface area contributed by atoms with E-state index in [2.05, 4.69) is 15.3 Å². The van der Waals surface area contributed by atoms with E-state index in [-0.39, 0.29) is 17.0 Å². The van der Waals surface area contributed by atoms with E-state index < -0.39 is 0 Å². The fourth-order valence-corrected chi connectivity index (χ4v) is 3.03. The van der Waals surface area contributed by atoms with Crippen molar-refractivity contribution in [2.75, 3.05) is 12.4 Å². The van der Waals surface area contributed by atoms with Gasteiger partial charge in [-0.05, 0) is 48.6 Å². The number of aromatic nitrogens is 2. The molecule has 1 aromatic carbocycles. The van der Waals surface area contributed by atoms with Gasteiger partial charge in [-0.15, -0.1) is 0 Å². The molecule has 1 unspecified atom stereocenters. The summed E-state index contributed by atoms with van der Waals surface area (Å²) in [5, 5.41) is 3.24. The van der Waals surface area contributed by atoms with Gasteiger partial charge in [0.15, 0.2) is 0 Å². The molecule has 3 rings (SSSR count). The van der Waals surface area contributed by atoms with Crippen molar-refractivity contribution >= 4 is 17.4 Å². The fourth-order valence-electron chi connectivity index (χ4n) is 2.86. The van der Waals surface area contributed by atoms with Crippen LogP contribution in [0.5, 0.6) is 0 Å². The number of hydrogen-bond acceptors (Lipinski definition) is 3. The average molecular weight is 292 g/mol. The van der Waals surface area contributed by atoms with Crippen LogP contribution in [0.1, 0.15) is 34.7 Å². The van der Waals surface area contributed by atoms with Crippen molar-refractivity contribution in [3.05, 3.63) is 51.7 Å². The number of benzene rings is 1. The Balaban J connectivity index is 2.11. The molecule has 0 bridgehead atoms. The number of fused-ring (bicyclic) bond motifs is 1. The summed E-state index contributed by atoms with van der Waals surface area (Å²) in [5.41, 5.74) is 3.49. The molecule has 0 aliphatic heterocycles. The second-order valence-corrected chi connectivity index (χ2v) is 5.41. The molecule has 0 saturated heterocycles. The normalized spacial score (nSPS) is 17.1. The van der Waals surface area contributed by atoms with Gasteiger partial charge in [0.1, 0.15) is 11.6 Å².